The fourth-order valence-corrected chi connectivity index (χ4v) is 4.29. The Morgan fingerprint density at radius 2 is 1.17 bits per heavy atom. The van der Waals surface area contributed by atoms with Gasteiger partial charge in [0.05, 0.1) is 0 Å². The van der Waals surface area contributed by atoms with E-state index in [0.717, 1.165) is 0 Å². The Morgan fingerprint density at radius 3 is 1.47 bits per heavy atom. The molecule has 10 heteroatoms. The summed E-state index contributed by atoms with van der Waals surface area (Å²) in [6.45, 7) is 0.826. The number of hydrogen-bond donors (Lipinski definition) is 2. The van der Waals surface area contributed by atoms with Crippen molar-refractivity contribution in [2.45, 2.75) is 75.7 Å². The van der Waals surface area contributed by atoms with Gasteiger partial charge >= 0.3 is 11.9 Å². The zero-order valence-electron chi connectivity index (χ0n) is 17.6. The molecule has 2 amide bonds. The summed E-state index contributed by atoms with van der Waals surface area (Å²) in [7, 11) is 2.85. The minimum Gasteiger partial charge on any atom is -0.480 e. The third kappa shape index (κ3) is 5.69. The van der Waals surface area contributed by atoms with Gasteiger partial charge in [-0.2, -0.15) is 0 Å². The van der Waals surface area contributed by atoms with E-state index in [4.69, 9.17) is 9.47 Å². The van der Waals surface area contributed by atoms with E-state index in [9.17, 15) is 29.4 Å². The molecule has 4 unspecified atom stereocenters. The summed E-state index contributed by atoms with van der Waals surface area (Å²) in [6, 6.07) is -1.60. The van der Waals surface area contributed by atoms with Crippen LogP contribution in [0.5, 0.6) is 0 Å². The molecule has 2 rings (SSSR count). The first-order valence-corrected chi connectivity index (χ1v) is 10.4. The van der Waals surface area contributed by atoms with Gasteiger partial charge in [-0.1, -0.05) is 12.8 Å². The van der Waals surface area contributed by atoms with E-state index in [-0.39, 0.29) is 11.8 Å². The largest absolute Gasteiger partial charge is 0.480 e. The highest BCUT2D eigenvalue weighted by molar-refractivity contribution is 5.87. The van der Waals surface area contributed by atoms with Gasteiger partial charge in [-0.15, -0.1) is 0 Å². The van der Waals surface area contributed by atoms with Crippen LogP contribution in [0, 0.1) is 0 Å². The highest BCUT2D eigenvalue weighted by Crippen LogP contribution is 2.23. The lowest BCUT2D eigenvalue weighted by atomic mass is 10.1. The molecule has 2 saturated heterocycles. The Bertz CT molecular complexity index is 586. The number of aliphatic carboxylic acids is 2. The molecule has 0 aromatic carbocycles. The van der Waals surface area contributed by atoms with E-state index in [2.05, 4.69) is 0 Å². The average Bonchev–Trinajstić information content (AvgIpc) is 3.39. The van der Waals surface area contributed by atoms with Gasteiger partial charge in [0, 0.05) is 27.3 Å². The average molecular weight is 428 g/mol. The topological polar surface area (TPSA) is 134 Å². The highest BCUT2D eigenvalue weighted by atomic mass is 16.5. The predicted molar refractivity (Wildman–Crippen MR) is 105 cm³/mol. The van der Waals surface area contributed by atoms with Crippen LogP contribution in [0.4, 0.5) is 0 Å². The Balaban J connectivity index is 1.82. The fourth-order valence-electron chi connectivity index (χ4n) is 4.29. The number of ether oxygens (including phenoxy) is 2. The summed E-state index contributed by atoms with van der Waals surface area (Å²) in [5.41, 5.74) is 0. The summed E-state index contributed by atoms with van der Waals surface area (Å²) in [5.74, 6) is -2.64. The van der Waals surface area contributed by atoms with Crippen molar-refractivity contribution in [1.82, 2.24) is 9.80 Å². The third-order valence-electron chi connectivity index (χ3n) is 5.94. The maximum absolute atomic E-state index is 12.7. The van der Waals surface area contributed by atoms with Crippen LogP contribution in [0.3, 0.4) is 0 Å². The van der Waals surface area contributed by atoms with Gasteiger partial charge in [-0.05, 0) is 38.5 Å². The van der Waals surface area contributed by atoms with Crippen molar-refractivity contribution in [3.63, 3.8) is 0 Å². The number of carbonyl (C=O) groups excluding carboxylic acids is 2. The number of rotatable bonds is 11. The number of carboxylic acid groups (broad SMARTS) is 2. The number of nitrogens with zero attached hydrogens (tertiary/aromatic N) is 2. The Hall–Kier alpha value is -2.20. The van der Waals surface area contributed by atoms with Gasteiger partial charge in [-0.25, -0.2) is 9.59 Å². The summed E-state index contributed by atoms with van der Waals surface area (Å²) < 4.78 is 10.6. The first-order valence-electron chi connectivity index (χ1n) is 10.4. The highest BCUT2D eigenvalue weighted by Gasteiger charge is 2.38. The predicted octanol–water partition coefficient (Wildman–Crippen LogP) is 0.728. The Morgan fingerprint density at radius 1 is 0.800 bits per heavy atom. The molecule has 0 aromatic heterocycles. The molecule has 0 aromatic rings. The maximum atomic E-state index is 12.7. The van der Waals surface area contributed by atoms with Gasteiger partial charge in [0.1, 0.15) is 24.3 Å². The number of methoxy groups -OCH3 is 2. The van der Waals surface area contributed by atoms with Crippen molar-refractivity contribution >= 4 is 23.8 Å². The van der Waals surface area contributed by atoms with E-state index in [1.165, 1.54) is 24.0 Å². The molecule has 0 bridgehead atoms. The third-order valence-corrected chi connectivity index (χ3v) is 5.94. The molecule has 170 valence electrons. The van der Waals surface area contributed by atoms with Crippen molar-refractivity contribution in [1.29, 1.82) is 0 Å². The lowest BCUT2D eigenvalue weighted by Crippen LogP contribution is -2.46. The molecule has 10 nitrogen and oxygen atoms in total. The minimum atomic E-state index is -1.00. The number of carboxylic acids is 2. The van der Waals surface area contributed by atoms with Gasteiger partial charge in [-0.3, -0.25) is 9.59 Å². The fraction of sp³-hybridized carbons (Fsp3) is 0.800. The number of hydrogen-bond acceptors (Lipinski definition) is 6. The first-order chi connectivity index (χ1) is 14.3. The lowest BCUT2D eigenvalue weighted by Gasteiger charge is -2.27. The summed E-state index contributed by atoms with van der Waals surface area (Å²) in [6.07, 6.45) is 2.75. The number of unbranched alkanes of at least 4 members (excludes halogenated alkanes) is 1. The molecule has 30 heavy (non-hydrogen) atoms. The second kappa shape index (κ2) is 11.3. The SMILES string of the molecule is COC(CCCCC(OC)C(=O)N1CCCC1C(=O)O)C(=O)N1CCCC1C(=O)O. The second-order valence-electron chi connectivity index (χ2n) is 7.79. The van der Waals surface area contributed by atoms with Crippen LogP contribution in [-0.2, 0) is 28.7 Å². The summed E-state index contributed by atoms with van der Waals surface area (Å²) in [5, 5.41) is 18.5. The first kappa shape index (κ1) is 24.1. The van der Waals surface area contributed by atoms with Gasteiger partial charge in [0.2, 0.25) is 0 Å². The molecule has 0 spiro atoms. The molecule has 2 aliphatic rings. The van der Waals surface area contributed by atoms with Gasteiger partial charge < -0.3 is 29.5 Å². The Labute approximate surface area is 176 Å². The van der Waals surface area contributed by atoms with Crippen LogP contribution in [0.25, 0.3) is 0 Å². The van der Waals surface area contributed by atoms with Crippen LogP contribution >= 0.6 is 0 Å². The molecule has 0 radical (unpaired) electrons. The standard InChI is InChI=1S/C20H32N2O8/c1-29-15(17(23)21-11-5-7-13(21)19(25)26)9-3-4-10-16(30-2)18(24)22-12-6-8-14(22)20(27)28/h13-16H,3-12H2,1-2H3,(H,25,26)(H,27,28). The van der Waals surface area contributed by atoms with E-state index in [0.29, 0.717) is 64.5 Å². The van der Waals surface area contributed by atoms with Crippen molar-refractivity contribution in [2.24, 2.45) is 0 Å². The molecule has 0 saturated carbocycles. The number of carbonyl (C=O) groups is 4. The smallest absolute Gasteiger partial charge is 0.326 e. The summed E-state index contributed by atoms with van der Waals surface area (Å²) in [4.78, 5) is 50.7. The van der Waals surface area contributed by atoms with E-state index in [1.807, 2.05) is 0 Å². The minimum absolute atomic E-state index is 0.317. The monoisotopic (exact) mass is 428 g/mol. The molecule has 4 atom stereocenters. The molecule has 2 N–H and O–H groups in total. The number of likely N-dealkylation sites (tertiary alicyclic amines) is 2. The van der Waals surface area contributed by atoms with E-state index < -0.39 is 36.2 Å². The zero-order chi connectivity index (χ0) is 22.3. The van der Waals surface area contributed by atoms with Crippen LogP contribution in [-0.4, -0.2) is 95.4 Å². The van der Waals surface area contributed by atoms with Crippen LogP contribution in [0.1, 0.15) is 51.4 Å². The maximum Gasteiger partial charge on any atom is 0.326 e. The molecule has 2 heterocycles. The van der Waals surface area contributed by atoms with Crippen molar-refractivity contribution in [2.75, 3.05) is 27.3 Å². The quantitative estimate of drug-likeness (QED) is 0.460. The van der Waals surface area contributed by atoms with Crippen molar-refractivity contribution in [3.8, 4) is 0 Å². The van der Waals surface area contributed by atoms with E-state index >= 15 is 0 Å². The van der Waals surface area contributed by atoms with E-state index in [1.54, 1.807) is 0 Å². The molecule has 2 fully saturated rings. The Kier molecular flexibility index (Phi) is 9.04. The molecule has 2 aliphatic heterocycles. The molecule has 0 aliphatic carbocycles. The lowest BCUT2D eigenvalue weighted by molar-refractivity contribution is -0.153. The molecular formula is C20H32N2O8. The zero-order valence-corrected chi connectivity index (χ0v) is 17.6. The molecular weight excluding hydrogens is 396 g/mol. The normalized spacial score (nSPS) is 23.4. The van der Waals surface area contributed by atoms with Crippen LogP contribution < -0.4 is 0 Å². The van der Waals surface area contributed by atoms with Crippen molar-refractivity contribution in [3.05, 3.63) is 0 Å². The van der Waals surface area contributed by atoms with Crippen LogP contribution in [0.2, 0.25) is 0 Å². The van der Waals surface area contributed by atoms with Gasteiger partial charge in [0.15, 0.2) is 0 Å². The second-order valence-corrected chi connectivity index (χ2v) is 7.79. The number of amides is 2. The summed E-state index contributed by atoms with van der Waals surface area (Å²) >= 11 is 0. The van der Waals surface area contributed by atoms with Gasteiger partial charge in [0.25, 0.3) is 11.8 Å². The van der Waals surface area contributed by atoms with Crippen LogP contribution in [0.15, 0.2) is 0 Å². The van der Waals surface area contributed by atoms with Crippen molar-refractivity contribution < 1.29 is 38.9 Å².